The molecule has 2 rings (SSSR count). The summed E-state index contributed by atoms with van der Waals surface area (Å²) in [6.45, 7) is 5.22. The molecule has 0 unspecified atom stereocenters. The largest absolute Gasteiger partial charge is 0.396 e. The van der Waals surface area contributed by atoms with E-state index < -0.39 is 0 Å². The summed E-state index contributed by atoms with van der Waals surface area (Å²) < 4.78 is 5.39. The van der Waals surface area contributed by atoms with E-state index in [9.17, 15) is 5.11 Å². The summed E-state index contributed by atoms with van der Waals surface area (Å²) in [6, 6.07) is 0.451. The molecule has 0 aromatic heterocycles. The molecule has 0 atom stereocenters. The molecule has 0 aromatic rings. The third-order valence-electron chi connectivity index (χ3n) is 4.15. The molecule has 0 saturated carbocycles. The highest BCUT2D eigenvalue weighted by molar-refractivity contribution is 5.80. The van der Waals surface area contributed by atoms with Gasteiger partial charge in [-0.2, -0.15) is 0 Å². The van der Waals surface area contributed by atoms with E-state index in [4.69, 9.17) is 9.73 Å². The summed E-state index contributed by atoms with van der Waals surface area (Å²) in [4.78, 5) is 4.69. The summed E-state index contributed by atoms with van der Waals surface area (Å²) in [6.07, 6.45) is 8.30. The maximum absolute atomic E-state index is 9.69. The molecule has 0 amide bonds. The molecular formula is C15H27N3O2. The fraction of sp³-hybridized carbons (Fsp3) is 0.800. The Morgan fingerprint density at radius 2 is 2.05 bits per heavy atom. The fourth-order valence-corrected chi connectivity index (χ4v) is 2.67. The van der Waals surface area contributed by atoms with Crippen molar-refractivity contribution < 1.29 is 9.84 Å². The Morgan fingerprint density at radius 1 is 1.35 bits per heavy atom. The second-order valence-electron chi connectivity index (χ2n) is 5.75. The van der Waals surface area contributed by atoms with Crippen molar-refractivity contribution in [3.05, 3.63) is 12.2 Å². The number of ether oxygens (including phenoxy) is 1. The highest BCUT2D eigenvalue weighted by Crippen LogP contribution is 2.30. The average Bonchev–Trinajstić information content (AvgIpc) is 2.99. The van der Waals surface area contributed by atoms with E-state index in [1.807, 2.05) is 0 Å². The number of guanidine groups is 1. The van der Waals surface area contributed by atoms with Crippen molar-refractivity contribution in [2.24, 2.45) is 10.4 Å². The van der Waals surface area contributed by atoms with Crippen molar-refractivity contribution in [3.63, 3.8) is 0 Å². The fourth-order valence-electron chi connectivity index (χ4n) is 2.67. The van der Waals surface area contributed by atoms with Crippen LogP contribution in [0.4, 0.5) is 0 Å². The quantitative estimate of drug-likeness (QED) is 0.400. The van der Waals surface area contributed by atoms with Crippen LogP contribution in [0.1, 0.15) is 32.6 Å². The van der Waals surface area contributed by atoms with Gasteiger partial charge >= 0.3 is 0 Å². The van der Waals surface area contributed by atoms with E-state index in [2.05, 4.69) is 29.7 Å². The molecule has 1 aliphatic heterocycles. The van der Waals surface area contributed by atoms with Crippen molar-refractivity contribution >= 4 is 5.96 Å². The summed E-state index contributed by atoms with van der Waals surface area (Å²) in [5.41, 5.74) is -0.103. The van der Waals surface area contributed by atoms with Crippen LogP contribution in [-0.4, -0.2) is 50.0 Å². The first-order valence-electron chi connectivity index (χ1n) is 7.66. The minimum atomic E-state index is -0.103. The maximum Gasteiger partial charge on any atom is 0.191 e. The minimum absolute atomic E-state index is 0.103. The van der Waals surface area contributed by atoms with E-state index in [1.165, 1.54) is 0 Å². The molecule has 20 heavy (non-hydrogen) atoms. The standard InChI is InChI=1S/C15H27N3O2/c1-2-16-14(18-13-5-3-4-6-13)17-11-15(12-19)7-9-20-10-8-15/h3-4,13,19H,2,5-12H2,1H3,(H2,16,17,18). The van der Waals surface area contributed by atoms with Gasteiger partial charge in [-0.15, -0.1) is 0 Å². The number of hydrogen-bond donors (Lipinski definition) is 3. The van der Waals surface area contributed by atoms with Gasteiger partial charge in [-0.3, -0.25) is 4.99 Å². The molecule has 3 N–H and O–H groups in total. The first-order chi connectivity index (χ1) is 9.78. The Hall–Kier alpha value is -1.07. The zero-order valence-corrected chi connectivity index (χ0v) is 12.4. The molecule has 1 aliphatic carbocycles. The van der Waals surface area contributed by atoms with E-state index in [0.29, 0.717) is 12.6 Å². The van der Waals surface area contributed by atoms with Gasteiger partial charge in [-0.25, -0.2) is 0 Å². The monoisotopic (exact) mass is 281 g/mol. The lowest BCUT2D eigenvalue weighted by Crippen LogP contribution is -2.44. The lowest BCUT2D eigenvalue weighted by molar-refractivity contribution is -0.0106. The molecule has 0 aromatic carbocycles. The van der Waals surface area contributed by atoms with Gasteiger partial charge < -0.3 is 20.5 Å². The van der Waals surface area contributed by atoms with Crippen LogP contribution in [-0.2, 0) is 4.74 Å². The predicted octanol–water partition coefficient (Wildman–Crippen LogP) is 1.05. The lowest BCUT2D eigenvalue weighted by atomic mass is 9.81. The number of hydrogen-bond acceptors (Lipinski definition) is 3. The molecule has 0 radical (unpaired) electrons. The van der Waals surface area contributed by atoms with E-state index in [0.717, 1.165) is 51.4 Å². The van der Waals surface area contributed by atoms with Crippen LogP contribution >= 0.6 is 0 Å². The predicted molar refractivity (Wildman–Crippen MR) is 80.8 cm³/mol. The SMILES string of the molecule is CCNC(=NCC1(CO)CCOCC1)NC1CC=CC1. The van der Waals surface area contributed by atoms with Gasteiger partial charge in [-0.05, 0) is 32.6 Å². The van der Waals surface area contributed by atoms with E-state index in [-0.39, 0.29) is 12.0 Å². The van der Waals surface area contributed by atoms with Crippen LogP contribution in [0.25, 0.3) is 0 Å². The Bertz CT molecular complexity index is 341. The van der Waals surface area contributed by atoms with Gasteiger partial charge in [0.2, 0.25) is 0 Å². The first-order valence-corrected chi connectivity index (χ1v) is 7.66. The molecule has 2 aliphatic rings. The lowest BCUT2D eigenvalue weighted by Gasteiger charge is -2.34. The third-order valence-corrected chi connectivity index (χ3v) is 4.15. The van der Waals surface area contributed by atoms with Gasteiger partial charge in [0.05, 0.1) is 13.2 Å². The number of aliphatic imine (C=N–C) groups is 1. The Labute approximate surface area is 121 Å². The van der Waals surface area contributed by atoms with Crippen molar-refractivity contribution in [2.75, 3.05) is 32.9 Å². The Kier molecular flexibility index (Phi) is 5.86. The van der Waals surface area contributed by atoms with Crippen LogP contribution in [0.5, 0.6) is 0 Å². The van der Waals surface area contributed by atoms with Crippen LogP contribution in [0, 0.1) is 5.41 Å². The van der Waals surface area contributed by atoms with Gasteiger partial charge in [0, 0.05) is 31.2 Å². The second-order valence-corrected chi connectivity index (χ2v) is 5.75. The first kappa shape index (κ1) is 15.3. The normalized spacial score (nSPS) is 23.0. The Balaban J connectivity index is 1.92. The van der Waals surface area contributed by atoms with Crippen LogP contribution < -0.4 is 10.6 Å². The zero-order chi connectivity index (χ0) is 14.3. The molecule has 5 nitrogen and oxygen atoms in total. The van der Waals surface area contributed by atoms with Gasteiger partial charge in [0.1, 0.15) is 0 Å². The van der Waals surface area contributed by atoms with E-state index >= 15 is 0 Å². The molecule has 1 fully saturated rings. The molecule has 0 bridgehead atoms. The highest BCUT2D eigenvalue weighted by Gasteiger charge is 2.32. The zero-order valence-electron chi connectivity index (χ0n) is 12.4. The van der Waals surface area contributed by atoms with Crippen molar-refractivity contribution in [1.29, 1.82) is 0 Å². The van der Waals surface area contributed by atoms with Crippen molar-refractivity contribution in [3.8, 4) is 0 Å². The van der Waals surface area contributed by atoms with E-state index in [1.54, 1.807) is 0 Å². The van der Waals surface area contributed by atoms with Gasteiger partial charge in [0.25, 0.3) is 0 Å². The molecule has 0 spiro atoms. The maximum atomic E-state index is 9.69. The number of aliphatic hydroxyl groups is 1. The molecule has 114 valence electrons. The number of rotatable bonds is 5. The minimum Gasteiger partial charge on any atom is -0.396 e. The summed E-state index contributed by atoms with van der Waals surface area (Å²) in [5.74, 6) is 0.862. The van der Waals surface area contributed by atoms with Crippen LogP contribution in [0.2, 0.25) is 0 Å². The number of aliphatic hydroxyl groups excluding tert-OH is 1. The molecule has 5 heteroatoms. The average molecular weight is 281 g/mol. The highest BCUT2D eigenvalue weighted by atomic mass is 16.5. The summed E-state index contributed by atoms with van der Waals surface area (Å²) >= 11 is 0. The Morgan fingerprint density at radius 3 is 2.65 bits per heavy atom. The smallest absolute Gasteiger partial charge is 0.191 e. The third kappa shape index (κ3) is 4.21. The van der Waals surface area contributed by atoms with Gasteiger partial charge in [0.15, 0.2) is 5.96 Å². The summed E-state index contributed by atoms with van der Waals surface area (Å²) in [7, 11) is 0. The second kappa shape index (κ2) is 7.64. The van der Waals surface area contributed by atoms with Crippen molar-refractivity contribution in [2.45, 2.75) is 38.6 Å². The summed E-state index contributed by atoms with van der Waals surface area (Å²) in [5, 5.41) is 16.4. The van der Waals surface area contributed by atoms with Crippen LogP contribution in [0.3, 0.4) is 0 Å². The topological polar surface area (TPSA) is 65.9 Å². The van der Waals surface area contributed by atoms with Crippen LogP contribution in [0.15, 0.2) is 17.1 Å². The number of nitrogens with one attached hydrogen (secondary N) is 2. The van der Waals surface area contributed by atoms with Crippen molar-refractivity contribution in [1.82, 2.24) is 10.6 Å². The molecule has 1 saturated heterocycles. The number of nitrogens with zero attached hydrogens (tertiary/aromatic N) is 1. The molecular weight excluding hydrogens is 254 g/mol. The molecule has 1 heterocycles. The van der Waals surface area contributed by atoms with Gasteiger partial charge in [-0.1, -0.05) is 12.2 Å².